The van der Waals surface area contributed by atoms with Gasteiger partial charge < -0.3 is 10.1 Å². The van der Waals surface area contributed by atoms with E-state index in [4.69, 9.17) is 4.74 Å². The number of hydrogen-bond acceptors (Lipinski definition) is 3. The van der Waals surface area contributed by atoms with Gasteiger partial charge >= 0.3 is 0 Å². The molecule has 1 aromatic heterocycles. The molecule has 0 bridgehead atoms. The summed E-state index contributed by atoms with van der Waals surface area (Å²) in [6.45, 7) is 3.07. The second kappa shape index (κ2) is 6.84. The van der Waals surface area contributed by atoms with Crippen LogP contribution in [0.4, 0.5) is 14.6 Å². The molecule has 1 N–H and O–H groups in total. The summed E-state index contributed by atoms with van der Waals surface area (Å²) >= 11 is 0. The highest BCUT2D eigenvalue weighted by Gasteiger charge is 2.05. The van der Waals surface area contributed by atoms with Gasteiger partial charge in [0.1, 0.15) is 18.2 Å². The van der Waals surface area contributed by atoms with Gasteiger partial charge in [0.25, 0.3) is 0 Å². The molecule has 0 spiro atoms. The lowest BCUT2D eigenvalue weighted by Gasteiger charge is -2.08. The van der Waals surface area contributed by atoms with E-state index in [-0.39, 0.29) is 12.4 Å². The SMILES string of the molecule is CCCNc1ccc(COc2cc(F)ccc2F)cn1. The highest BCUT2D eigenvalue weighted by Crippen LogP contribution is 2.19. The van der Waals surface area contributed by atoms with Crippen LogP contribution in [0.15, 0.2) is 36.5 Å². The molecule has 5 heteroatoms. The van der Waals surface area contributed by atoms with E-state index >= 15 is 0 Å². The number of halogens is 2. The monoisotopic (exact) mass is 278 g/mol. The molecule has 1 aromatic carbocycles. The first-order valence-corrected chi connectivity index (χ1v) is 6.45. The van der Waals surface area contributed by atoms with E-state index in [2.05, 4.69) is 17.2 Å². The van der Waals surface area contributed by atoms with Gasteiger partial charge in [-0.3, -0.25) is 0 Å². The van der Waals surface area contributed by atoms with Crippen molar-refractivity contribution in [2.45, 2.75) is 20.0 Å². The second-order valence-electron chi connectivity index (χ2n) is 4.34. The van der Waals surface area contributed by atoms with Crippen LogP contribution in [0.25, 0.3) is 0 Å². The summed E-state index contributed by atoms with van der Waals surface area (Å²) < 4.78 is 31.6. The topological polar surface area (TPSA) is 34.1 Å². The summed E-state index contributed by atoms with van der Waals surface area (Å²) in [6, 6.07) is 6.79. The molecular formula is C15H16F2N2O. The lowest BCUT2D eigenvalue weighted by molar-refractivity contribution is 0.288. The molecule has 0 unspecified atom stereocenters. The molecular weight excluding hydrogens is 262 g/mol. The summed E-state index contributed by atoms with van der Waals surface area (Å²) in [7, 11) is 0. The number of rotatable bonds is 6. The third kappa shape index (κ3) is 3.91. The van der Waals surface area contributed by atoms with E-state index in [9.17, 15) is 8.78 Å². The van der Waals surface area contributed by atoms with Crippen LogP contribution in [0.1, 0.15) is 18.9 Å². The fourth-order valence-corrected chi connectivity index (χ4v) is 1.62. The van der Waals surface area contributed by atoms with Crippen LogP contribution < -0.4 is 10.1 Å². The molecule has 0 aliphatic carbocycles. The van der Waals surface area contributed by atoms with Crippen molar-refractivity contribution in [2.24, 2.45) is 0 Å². The Hall–Kier alpha value is -2.17. The Labute approximate surface area is 116 Å². The number of nitrogens with one attached hydrogen (secondary N) is 1. The van der Waals surface area contributed by atoms with Crippen LogP contribution in [-0.4, -0.2) is 11.5 Å². The number of benzene rings is 1. The maximum absolute atomic E-state index is 13.4. The van der Waals surface area contributed by atoms with Gasteiger partial charge in [0.05, 0.1) is 0 Å². The minimum Gasteiger partial charge on any atom is -0.486 e. The molecule has 1 heterocycles. The summed E-state index contributed by atoms with van der Waals surface area (Å²) in [6.07, 6.45) is 2.67. The van der Waals surface area contributed by atoms with E-state index in [0.717, 1.165) is 42.5 Å². The zero-order valence-corrected chi connectivity index (χ0v) is 11.2. The summed E-state index contributed by atoms with van der Waals surface area (Å²) in [4.78, 5) is 4.21. The van der Waals surface area contributed by atoms with Crippen molar-refractivity contribution in [3.05, 3.63) is 53.7 Å². The van der Waals surface area contributed by atoms with E-state index in [1.165, 1.54) is 0 Å². The molecule has 0 fully saturated rings. The van der Waals surface area contributed by atoms with E-state index < -0.39 is 11.6 Å². The normalized spacial score (nSPS) is 10.3. The van der Waals surface area contributed by atoms with Crippen LogP contribution in [0, 0.1) is 11.6 Å². The van der Waals surface area contributed by atoms with E-state index in [0.29, 0.717) is 0 Å². The van der Waals surface area contributed by atoms with Crippen molar-refractivity contribution in [2.75, 3.05) is 11.9 Å². The molecule has 0 radical (unpaired) electrons. The molecule has 2 rings (SSSR count). The quantitative estimate of drug-likeness (QED) is 0.873. The second-order valence-corrected chi connectivity index (χ2v) is 4.34. The zero-order valence-electron chi connectivity index (χ0n) is 11.2. The van der Waals surface area contributed by atoms with Gasteiger partial charge in [0.15, 0.2) is 11.6 Å². The molecule has 20 heavy (non-hydrogen) atoms. The maximum atomic E-state index is 13.4. The Kier molecular flexibility index (Phi) is 4.87. The molecule has 0 aliphatic rings. The first kappa shape index (κ1) is 14.2. The largest absolute Gasteiger partial charge is 0.486 e. The number of hydrogen-bond donors (Lipinski definition) is 1. The van der Waals surface area contributed by atoms with Crippen molar-refractivity contribution in [3.63, 3.8) is 0 Å². The standard InChI is InChI=1S/C15H16F2N2O/c1-2-7-18-15-6-3-11(9-19-15)10-20-14-8-12(16)4-5-13(14)17/h3-6,8-9H,2,7,10H2,1H3,(H,18,19). The number of pyridine rings is 1. The van der Waals surface area contributed by atoms with Crippen molar-refractivity contribution in [1.82, 2.24) is 4.98 Å². The third-order valence-corrected chi connectivity index (χ3v) is 2.67. The van der Waals surface area contributed by atoms with Crippen LogP contribution in [0.2, 0.25) is 0 Å². The van der Waals surface area contributed by atoms with E-state index in [1.807, 2.05) is 12.1 Å². The minimum absolute atomic E-state index is 0.0989. The summed E-state index contributed by atoms with van der Waals surface area (Å²) in [5.41, 5.74) is 0.788. The predicted octanol–water partition coefficient (Wildman–Crippen LogP) is 3.76. The number of ether oxygens (including phenoxy) is 1. The molecule has 3 nitrogen and oxygen atoms in total. The first-order chi connectivity index (χ1) is 9.69. The van der Waals surface area contributed by atoms with Gasteiger partial charge in [-0.1, -0.05) is 13.0 Å². The number of anilines is 1. The third-order valence-electron chi connectivity index (χ3n) is 2.67. The highest BCUT2D eigenvalue weighted by atomic mass is 19.1. The Bertz CT molecular complexity index is 558. The van der Waals surface area contributed by atoms with Gasteiger partial charge in [0.2, 0.25) is 0 Å². The van der Waals surface area contributed by atoms with Gasteiger partial charge in [-0.25, -0.2) is 13.8 Å². The van der Waals surface area contributed by atoms with Crippen molar-refractivity contribution < 1.29 is 13.5 Å². The van der Waals surface area contributed by atoms with Crippen LogP contribution >= 0.6 is 0 Å². The maximum Gasteiger partial charge on any atom is 0.165 e. The predicted molar refractivity (Wildman–Crippen MR) is 73.7 cm³/mol. The Morgan fingerprint density at radius 2 is 2.05 bits per heavy atom. The summed E-state index contributed by atoms with van der Waals surface area (Å²) in [5, 5.41) is 3.15. The van der Waals surface area contributed by atoms with E-state index in [1.54, 1.807) is 6.20 Å². The van der Waals surface area contributed by atoms with Gasteiger partial charge in [-0.05, 0) is 24.6 Å². The smallest absolute Gasteiger partial charge is 0.165 e. The Balaban J connectivity index is 1.95. The molecule has 106 valence electrons. The first-order valence-electron chi connectivity index (χ1n) is 6.45. The van der Waals surface area contributed by atoms with Crippen LogP contribution in [0.5, 0.6) is 5.75 Å². The lowest BCUT2D eigenvalue weighted by atomic mass is 10.3. The zero-order chi connectivity index (χ0) is 14.4. The molecule has 0 saturated carbocycles. The van der Waals surface area contributed by atoms with Gasteiger partial charge in [0, 0.05) is 24.4 Å². The lowest BCUT2D eigenvalue weighted by Crippen LogP contribution is -2.03. The Morgan fingerprint density at radius 3 is 2.75 bits per heavy atom. The molecule has 0 saturated heterocycles. The van der Waals surface area contributed by atoms with Crippen molar-refractivity contribution in [1.29, 1.82) is 0 Å². The highest BCUT2D eigenvalue weighted by molar-refractivity contribution is 5.35. The molecule has 0 amide bonds. The molecule has 0 atom stereocenters. The average molecular weight is 278 g/mol. The Morgan fingerprint density at radius 1 is 1.20 bits per heavy atom. The number of aromatic nitrogens is 1. The molecule has 0 aliphatic heterocycles. The minimum atomic E-state index is -0.583. The van der Waals surface area contributed by atoms with Crippen molar-refractivity contribution in [3.8, 4) is 5.75 Å². The van der Waals surface area contributed by atoms with Crippen LogP contribution in [0.3, 0.4) is 0 Å². The van der Waals surface area contributed by atoms with Crippen molar-refractivity contribution >= 4 is 5.82 Å². The fraction of sp³-hybridized carbons (Fsp3) is 0.267. The molecule has 2 aromatic rings. The van der Waals surface area contributed by atoms with Gasteiger partial charge in [-0.2, -0.15) is 0 Å². The fourth-order valence-electron chi connectivity index (χ4n) is 1.62. The number of nitrogens with zero attached hydrogens (tertiary/aromatic N) is 1. The van der Waals surface area contributed by atoms with Crippen LogP contribution in [-0.2, 0) is 6.61 Å². The average Bonchev–Trinajstić information content (AvgIpc) is 2.47. The van der Waals surface area contributed by atoms with Gasteiger partial charge in [-0.15, -0.1) is 0 Å². The summed E-state index contributed by atoms with van der Waals surface area (Å²) in [5.74, 6) is -0.426.